The molecule has 5 nitrogen and oxygen atoms in total. The Balaban J connectivity index is 2.00. The molecule has 1 aromatic carbocycles. The van der Waals surface area contributed by atoms with Crippen molar-refractivity contribution in [2.75, 3.05) is 10.6 Å². The Morgan fingerprint density at radius 1 is 1.29 bits per heavy atom. The SMILES string of the molecule is CC(=O)Nc1ccc(C)c(NC(=O)C[C@@H]2CCC[C@H]2N)c1. The lowest BCUT2D eigenvalue weighted by Crippen LogP contribution is -2.28. The van der Waals surface area contributed by atoms with Gasteiger partial charge in [0.05, 0.1) is 0 Å². The van der Waals surface area contributed by atoms with Crippen molar-refractivity contribution in [3.63, 3.8) is 0 Å². The molecule has 0 radical (unpaired) electrons. The fourth-order valence-electron chi connectivity index (χ4n) is 2.80. The van der Waals surface area contributed by atoms with E-state index in [1.54, 1.807) is 6.07 Å². The summed E-state index contributed by atoms with van der Waals surface area (Å²) in [6.45, 7) is 3.38. The van der Waals surface area contributed by atoms with E-state index in [9.17, 15) is 9.59 Å². The molecule has 2 rings (SSSR count). The first-order valence-corrected chi connectivity index (χ1v) is 7.39. The minimum Gasteiger partial charge on any atom is -0.327 e. The van der Waals surface area contributed by atoms with E-state index in [1.807, 2.05) is 19.1 Å². The fourth-order valence-corrected chi connectivity index (χ4v) is 2.80. The van der Waals surface area contributed by atoms with Crippen LogP contribution in [0.3, 0.4) is 0 Å². The highest BCUT2D eigenvalue weighted by Crippen LogP contribution is 2.28. The van der Waals surface area contributed by atoms with Crippen molar-refractivity contribution in [2.45, 2.75) is 45.6 Å². The lowest BCUT2D eigenvalue weighted by molar-refractivity contribution is -0.117. The first kappa shape index (κ1) is 15.5. The molecule has 0 bridgehead atoms. The first-order chi connectivity index (χ1) is 9.95. The number of nitrogens with one attached hydrogen (secondary N) is 2. The van der Waals surface area contributed by atoms with Gasteiger partial charge in [0.25, 0.3) is 0 Å². The average Bonchev–Trinajstić information content (AvgIpc) is 2.78. The van der Waals surface area contributed by atoms with Crippen molar-refractivity contribution in [1.82, 2.24) is 0 Å². The van der Waals surface area contributed by atoms with Gasteiger partial charge in [0.15, 0.2) is 0 Å². The van der Waals surface area contributed by atoms with Crippen LogP contribution in [0.4, 0.5) is 11.4 Å². The molecule has 114 valence electrons. The predicted molar refractivity (Wildman–Crippen MR) is 84.0 cm³/mol. The third-order valence-electron chi connectivity index (χ3n) is 4.00. The molecule has 2 amide bonds. The van der Waals surface area contributed by atoms with Crippen LogP contribution >= 0.6 is 0 Å². The van der Waals surface area contributed by atoms with Crippen molar-refractivity contribution in [2.24, 2.45) is 11.7 Å². The van der Waals surface area contributed by atoms with Gasteiger partial charge in [-0.05, 0) is 43.4 Å². The maximum Gasteiger partial charge on any atom is 0.224 e. The van der Waals surface area contributed by atoms with Crippen LogP contribution in [0, 0.1) is 12.8 Å². The average molecular weight is 289 g/mol. The quantitative estimate of drug-likeness (QED) is 0.795. The molecular weight excluding hydrogens is 266 g/mol. The first-order valence-electron chi connectivity index (χ1n) is 7.39. The van der Waals surface area contributed by atoms with Crippen LogP contribution in [0.25, 0.3) is 0 Å². The molecule has 1 aromatic rings. The molecule has 4 N–H and O–H groups in total. The number of hydrogen-bond donors (Lipinski definition) is 3. The molecule has 0 unspecified atom stereocenters. The molecule has 1 aliphatic rings. The van der Waals surface area contributed by atoms with Crippen LogP contribution in [0.2, 0.25) is 0 Å². The maximum atomic E-state index is 12.1. The van der Waals surface area contributed by atoms with Crippen LogP contribution in [-0.4, -0.2) is 17.9 Å². The van der Waals surface area contributed by atoms with E-state index in [4.69, 9.17) is 5.73 Å². The Hall–Kier alpha value is -1.88. The third kappa shape index (κ3) is 4.29. The molecule has 2 atom stereocenters. The molecule has 1 aliphatic carbocycles. The minimum atomic E-state index is -0.131. The summed E-state index contributed by atoms with van der Waals surface area (Å²) in [5, 5.41) is 5.64. The van der Waals surface area contributed by atoms with Gasteiger partial charge in [0.2, 0.25) is 11.8 Å². The number of anilines is 2. The summed E-state index contributed by atoms with van der Waals surface area (Å²) in [6.07, 6.45) is 3.61. The molecular formula is C16H23N3O2. The normalized spacial score (nSPS) is 21.1. The zero-order valence-corrected chi connectivity index (χ0v) is 12.6. The summed E-state index contributed by atoms with van der Waals surface area (Å²) in [7, 11) is 0. The number of rotatable bonds is 4. The van der Waals surface area contributed by atoms with Gasteiger partial charge in [0.1, 0.15) is 0 Å². The Bertz CT molecular complexity index is 542. The number of hydrogen-bond acceptors (Lipinski definition) is 3. The van der Waals surface area contributed by atoms with Gasteiger partial charge in [-0.3, -0.25) is 9.59 Å². The van der Waals surface area contributed by atoms with Gasteiger partial charge in [-0.1, -0.05) is 12.5 Å². The smallest absolute Gasteiger partial charge is 0.224 e. The fraction of sp³-hybridized carbons (Fsp3) is 0.500. The molecule has 5 heteroatoms. The molecule has 1 saturated carbocycles. The number of carbonyl (C=O) groups excluding carboxylic acids is 2. The van der Waals surface area contributed by atoms with Gasteiger partial charge in [-0.25, -0.2) is 0 Å². The third-order valence-corrected chi connectivity index (χ3v) is 4.00. The largest absolute Gasteiger partial charge is 0.327 e. The molecule has 0 aliphatic heterocycles. The summed E-state index contributed by atoms with van der Waals surface area (Å²) in [6, 6.07) is 5.62. The van der Waals surface area contributed by atoms with E-state index < -0.39 is 0 Å². The highest BCUT2D eigenvalue weighted by molar-refractivity contribution is 5.94. The Morgan fingerprint density at radius 2 is 2.05 bits per heavy atom. The van der Waals surface area contributed by atoms with E-state index >= 15 is 0 Å². The topological polar surface area (TPSA) is 84.2 Å². The zero-order valence-electron chi connectivity index (χ0n) is 12.6. The van der Waals surface area contributed by atoms with Crippen molar-refractivity contribution < 1.29 is 9.59 Å². The van der Waals surface area contributed by atoms with Crippen LogP contribution in [0.5, 0.6) is 0 Å². The van der Waals surface area contributed by atoms with Gasteiger partial charge < -0.3 is 16.4 Å². The van der Waals surface area contributed by atoms with Gasteiger partial charge in [-0.15, -0.1) is 0 Å². The highest BCUT2D eigenvalue weighted by atomic mass is 16.2. The standard InChI is InChI=1S/C16H23N3O2/c1-10-6-7-13(18-11(2)20)9-15(10)19-16(21)8-12-4-3-5-14(12)17/h6-7,9,12,14H,3-5,8,17H2,1-2H3,(H,18,20)(H,19,21)/t12-,14+/m0/s1. The summed E-state index contributed by atoms with van der Waals surface area (Å²) in [5.74, 6) is 0.136. The zero-order chi connectivity index (χ0) is 15.4. The van der Waals surface area contributed by atoms with Crippen LogP contribution < -0.4 is 16.4 Å². The van der Waals surface area contributed by atoms with Crippen molar-refractivity contribution in [3.8, 4) is 0 Å². The molecule has 21 heavy (non-hydrogen) atoms. The summed E-state index contributed by atoms with van der Waals surface area (Å²) in [4.78, 5) is 23.2. The Kier molecular flexibility index (Phi) is 4.96. The Labute approximate surface area is 125 Å². The van der Waals surface area contributed by atoms with Crippen LogP contribution in [-0.2, 0) is 9.59 Å². The number of nitrogens with two attached hydrogens (primary N) is 1. The summed E-state index contributed by atoms with van der Waals surface area (Å²) in [5.41, 5.74) is 8.38. The van der Waals surface area contributed by atoms with Crippen molar-refractivity contribution in [3.05, 3.63) is 23.8 Å². The predicted octanol–water partition coefficient (Wildman–Crippen LogP) is 2.41. The number of benzene rings is 1. The van der Waals surface area contributed by atoms with E-state index in [0.717, 1.165) is 30.5 Å². The van der Waals surface area contributed by atoms with Crippen LogP contribution in [0.1, 0.15) is 38.2 Å². The second-order valence-corrected chi connectivity index (χ2v) is 5.82. The molecule has 1 fully saturated rings. The summed E-state index contributed by atoms with van der Waals surface area (Å²) < 4.78 is 0. The van der Waals surface area contributed by atoms with Crippen molar-refractivity contribution >= 4 is 23.2 Å². The molecule has 0 saturated heterocycles. The van der Waals surface area contributed by atoms with Gasteiger partial charge in [-0.2, -0.15) is 0 Å². The Morgan fingerprint density at radius 3 is 2.67 bits per heavy atom. The van der Waals surface area contributed by atoms with E-state index in [-0.39, 0.29) is 23.8 Å². The summed E-state index contributed by atoms with van der Waals surface area (Å²) >= 11 is 0. The number of aryl methyl sites for hydroxylation is 1. The van der Waals surface area contributed by atoms with E-state index in [0.29, 0.717) is 12.1 Å². The minimum absolute atomic E-state index is 0.0135. The lowest BCUT2D eigenvalue weighted by atomic mass is 10.00. The van der Waals surface area contributed by atoms with Crippen LogP contribution in [0.15, 0.2) is 18.2 Å². The van der Waals surface area contributed by atoms with E-state index in [2.05, 4.69) is 10.6 Å². The molecule has 0 aromatic heterocycles. The van der Waals surface area contributed by atoms with Crippen molar-refractivity contribution in [1.29, 1.82) is 0 Å². The molecule has 0 spiro atoms. The monoisotopic (exact) mass is 289 g/mol. The van der Waals surface area contributed by atoms with Gasteiger partial charge in [0, 0.05) is 30.8 Å². The maximum absolute atomic E-state index is 12.1. The lowest BCUT2D eigenvalue weighted by Gasteiger charge is -2.16. The van der Waals surface area contributed by atoms with E-state index in [1.165, 1.54) is 6.92 Å². The second kappa shape index (κ2) is 6.72. The molecule has 0 heterocycles. The second-order valence-electron chi connectivity index (χ2n) is 5.82. The van der Waals surface area contributed by atoms with Gasteiger partial charge >= 0.3 is 0 Å². The number of amides is 2. The number of carbonyl (C=O) groups is 2. The highest BCUT2D eigenvalue weighted by Gasteiger charge is 2.26.